The first-order valence-corrected chi connectivity index (χ1v) is 19.3. The van der Waals surface area contributed by atoms with Gasteiger partial charge in [0.1, 0.15) is 23.4 Å². The Hall–Kier alpha value is -5.37. The molecule has 0 unspecified atom stereocenters. The molecule has 2 aliphatic carbocycles. The molecule has 3 N–H and O–H groups in total. The third kappa shape index (κ3) is 14.2. The van der Waals surface area contributed by atoms with Crippen LogP contribution in [0.4, 0.5) is 13.2 Å². The van der Waals surface area contributed by atoms with Gasteiger partial charge in [0.25, 0.3) is 11.8 Å². The van der Waals surface area contributed by atoms with Crippen molar-refractivity contribution in [1.29, 1.82) is 0 Å². The number of nitrogens with zero attached hydrogens (tertiary/aromatic N) is 3. The number of nitrogens with one attached hydrogen (secondary N) is 3. The normalized spacial score (nSPS) is 16.3. The number of carbonyl (C=O) groups is 3. The lowest BCUT2D eigenvalue weighted by molar-refractivity contribution is -0.274. The molecule has 2 aromatic carbocycles. The van der Waals surface area contributed by atoms with E-state index in [2.05, 4.69) is 78.9 Å². The SMILES string of the molecule is Cc1ccc(CN2CC=C(c3cccc(C(=O)NC4CC4)n3)CC2)cc1.Cl.O=C(NC1CC1)c1cccc(C2=CCNCC2)n1.O=Cc1ccc(OC(F)(F)F)cc1. The van der Waals surface area contributed by atoms with Crippen molar-refractivity contribution in [2.24, 2.45) is 0 Å². The molecule has 2 fully saturated rings. The number of aryl methyl sites for hydroxylation is 1. The smallest absolute Gasteiger partial charge is 0.406 e. The Morgan fingerprint density at radius 2 is 1.38 bits per heavy atom. The molecule has 2 amide bonds. The second-order valence-electron chi connectivity index (χ2n) is 14.4. The zero-order valence-electron chi connectivity index (χ0n) is 32.3. The second-order valence-corrected chi connectivity index (χ2v) is 14.4. The van der Waals surface area contributed by atoms with E-state index in [4.69, 9.17) is 0 Å². The number of hydrogen-bond donors (Lipinski definition) is 3. The number of pyridine rings is 2. The van der Waals surface area contributed by atoms with Crippen molar-refractivity contribution in [2.45, 2.75) is 70.4 Å². The van der Waals surface area contributed by atoms with Crippen molar-refractivity contribution in [2.75, 3.05) is 26.2 Å². The van der Waals surface area contributed by atoms with Gasteiger partial charge >= 0.3 is 6.36 Å². The van der Waals surface area contributed by atoms with Gasteiger partial charge in [0.2, 0.25) is 0 Å². The van der Waals surface area contributed by atoms with Gasteiger partial charge in [-0.1, -0.05) is 54.1 Å². The van der Waals surface area contributed by atoms with Crippen LogP contribution < -0.4 is 20.7 Å². The highest BCUT2D eigenvalue weighted by Crippen LogP contribution is 2.25. The minimum Gasteiger partial charge on any atom is -0.406 e. The molecule has 306 valence electrons. The maximum atomic E-state index is 12.2. The molecule has 4 aliphatic rings. The largest absolute Gasteiger partial charge is 0.573 e. The Bertz CT molecular complexity index is 2070. The van der Waals surface area contributed by atoms with E-state index in [1.807, 2.05) is 24.3 Å². The van der Waals surface area contributed by atoms with Gasteiger partial charge in [-0.05, 0) is 117 Å². The lowest BCUT2D eigenvalue weighted by atomic mass is 10.0. The molecule has 4 aromatic rings. The minimum atomic E-state index is -4.69. The number of amides is 2. The summed E-state index contributed by atoms with van der Waals surface area (Å²) in [7, 11) is 0. The van der Waals surface area contributed by atoms with Crippen LogP contribution >= 0.6 is 12.4 Å². The molecule has 2 aliphatic heterocycles. The van der Waals surface area contributed by atoms with Crippen LogP contribution in [-0.4, -0.2) is 77.6 Å². The summed E-state index contributed by atoms with van der Waals surface area (Å²) >= 11 is 0. The monoisotopic (exact) mass is 816 g/mol. The summed E-state index contributed by atoms with van der Waals surface area (Å²) in [5, 5.41) is 9.25. The summed E-state index contributed by atoms with van der Waals surface area (Å²) in [5.41, 5.74) is 8.34. The highest BCUT2D eigenvalue weighted by Gasteiger charge is 2.31. The van der Waals surface area contributed by atoms with Crippen molar-refractivity contribution < 1.29 is 32.3 Å². The molecule has 14 heteroatoms. The predicted octanol–water partition coefficient (Wildman–Crippen LogP) is 7.74. The fraction of sp³-hybridized carbons (Fsp3) is 0.341. The summed E-state index contributed by atoms with van der Waals surface area (Å²) in [6.07, 6.45) is 6.57. The lowest BCUT2D eigenvalue weighted by Crippen LogP contribution is -2.28. The molecule has 0 bridgehead atoms. The number of benzene rings is 2. The second kappa shape index (κ2) is 20.9. The van der Waals surface area contributed by atoms with Crippen LogP contribution in [0.2, 0.25) is 0 Å². The summed E-state index contributed by atoms with van der Waals surface area (Å²) in [5.74, 6) is -0.432. The van der Waals surface area contributed by atoms with Gasteiger partial charge in [0.15, 0.2) is 0 Å². The number of rotatable bonds is 10. The van der Waals surface area contributed by atoms with Crippen molar-refractivity contribution in [3.63, 3.8) is 0 Å². The third-order valence-electron chi connectivity index (χ3n) is 9.58. The fourth-order valence-electron chi connectivity index (χ4n) is 6.10. The van der Waals surface area contributed by atoms with E-state index in [-0.39, 0.29) is 30.0 Å². The van der Waals surface area contributed by atoms with Gasteiger partial charge in [-0.25, -0.2) is 9.97 Å². The molecule has 2 saturated carbocycles. The topological polar surface area (TPSA) is 126 Å². The fourth-order valence-corrected chi connectivity index (χ4v) is 6.10. The molecule has 10 nitrogen and oxygen atoms in total. The molecule has 8 rings (SSSR count). The Balaban J connectivity index is 0.000000175. The predicted molar refractivity (Wildman–Crippen MR) is 220 cm³/mol. The maximum absolute atomic E-state index is 12.2. The van der Waals surface area contributed by atoms with Gasteiger partial charge < -0.3 is 20.7 Å². The van der Waals surface area contributed by atoms with Gasteiger partial charge in [0, 0.05) is 43.8 Å². The first kappa shape index (κ1) is 43.7. The van der Waals surface area contributed by atoms with Crippen molar-refractivity contribution >= 4 is 41.7 Å². The van der Waals surface area contributed by atoms with Crippen molar-refractivity contribution in [3.05, 3.63) is 137 Å². The zero-order chi connectivity index (χ0) is 40.2. The number of aromatic nitrogens is 2. The van der Waals surface area contributed by atoms with E-state index in [1.165, 1.54) is 34.4 Å². The molecule has 2 aromatic heterocycles. The Kier molecular flexibility index (Phi) is 15.7. The number of alkyl halides is 3. The van der Waals surface area contributed by atoms with Gasteiger partial charge in [0.05, 0.1) is 11.4 Å². The number of aldehydes is 1. The van der Waals surface area contributed by atoms with Crippen molar-refractivity contribution in [3.8, 4) is 5.75 Å². The van der Waals surface area contributed by atoms with Crippen LogP contribution in [0.1, 0.15) is 92.4 Å². The molecule has 0 saturated heterocycles. The van der Waals surface area contributed by atoms with E-state index in [9.17, 15) is 27.6 Å². The van der Waals surface area contributed by atoms with E-state index < -0.39 is 6.36 Å². The van der Waals surface area contributed by atoms with E-state index in [0.717, 1.165) is 94.8 Å². The van der Waals surface area contributed by atoms with Gasteiger partial charge in [-0.3, -0.25) is 19.3 Å². The first-order valence-electron chi connectivity index (χ1n) is 19.3. The number of carbonyl (C=O) groups excluding carboxylic acids is 3. The zero-order valence-corrected chi connectivity index (χ0v) is 33.1. The number of hydrogen-bond acceptors (Lipinski definition) is 8. The van der Waals surface area contributed by atoms with Crippen LogP contribution in [0.25, 0.3) is 11.1 Å². The van der Waals surface area contributed by atoms with E-state index in [0.29, 0.717) is 35.3 Å². The highest BCUT2D eigenvalue weighted by molar-refractivity contribution is 5.93. The summed E-state index contributed by atoms with van der Waals surface area (Å²) in [6, 6.07) is 25.5. The summed E-state index contributed by atoms with van der Waals surface area (Å²) < 4.78 is 38.5. The summed E-state index contributed by atoms with van der Waals surface area (Å²) in [4.78, 5) is 45.8. The lowest BCUT2D eigenvalue weighted by Gasteiger charge is -2.26. The minimum absolute atomic E-state index is 0. The Morgan fingerprint density at radius 3 is 1.84 bits per heavy atom. The van der Waals surface area contributed by atoms with E-state index in [1.54, 1.807) is 12.1 Å². The molecule has 0 atom stereocenters. The molecular formula is C44H48ClF3N6O4. The quantitative estimate of drug-likeness (QED) is 0.139. The molecular weight excluding hydrogens is 769 g/mol. The number of halogens is 4. The Morgan fingerprint density at radius 1 is 0.810 bits per heavy atom. The Labute approximate surface area is 342 Å². The van der Waals surface area contributed by atoms with Crippen LogP contribution in [0.15, 0.2) is 97.1 Å². The molecule has 4 heterocycles. The van der Waals surface area contributed by atoms with Crippen LogP contribution in [0.3, 0.4) is 0 Å². The average Bonchev–Trinajstić information content (AvgIpc) is 4.18. The maximum Gasteiger partial charge on any atom is 0.573 e. The molecule has 58 heavy (non-hydrogen) atoms. The summed E-state index contributed by atoms with van der Waals surface area (Å²) in [6.45, 7) is 6.89. The highest BCUT2D eigenvalue weighted by atomic mass is 35.5. The van der Waals surface area contributed by atoms with Gasteiger partial charge in [-0.15, -0.1) is 25.6 Å². The third-order valence-corrected chi connectivity index (χ3v) is 9.58. The number of ether oxygens (including phenoxy) is 1. The van der Waals surface area contributed by atoms with Gasteiger partial charge in [-0.2, -0.15) is 0 Å². The average molecular weight is 817 g/mol. The van der Waals surface area contributed by atoms with Crippen LogP contribution in [0, 0.1) is 6.92 Å². The van der Waals surface area contributed by atoms with E-state index >= 15 is 0 Å². The molecule has 0 radical (unpaired) electrons. The van der Waals surface area contributed by atoms with Crippen molar-refractivity contribution in [1.82, 2.24) is 30.8 Å². The van der Waals surface area contributed by atoms with Crippen LogP contribution in [0.5, 0.6) is 5.75 Å². The first-order chi connectivity index (χ1) is 27.5. The molecule has 0 spiro atoms. The standard InChI is InChI=1S/C22H25N3O.C14H17N3O.C8H5F3O2.ClH/c1-16-5-7-17(8-6-16)15-25-13-11-18(12-14-25)20-3-2-4-21(24-20)22(26)23-19-9-10-19;18-14(16-11-4-5-11)13-3-1-2-12(17-13)10-6-8-15-9-7-10;9-8(10,11)13-7-3-1-6(5-12)2-4-7;/h2-8,11,19H,9-10,12-15H2,1H3,(H,23,26);1-3,6,11,15H,4-5,7-9H2,(H,16,18);1-5H;1H. The van der Waals surface area contributed by atoms with Crippen LogP contribution in [-0.2, 0) is 6.54 Å².